The van der Waals surface area contributed by atoms with E-state index in [2.05, 4.69) is 10.1 Å². The number of amides is 1. The molecule has 4 heterocycles. The third-order valence-electron chi connectivity index (χ3n) is 6.27. The molecule has 2 aliphatic rings. The van der Waals surface area contributed by atoms with Crippen molar-refractivity contribution in [3.63, 3.8) is 0 Å². The summed E-state index contributed by atoms with van der Waals surface area (Å²) >= 11 is 0. The van der Waals surface area contributed by atoms with Crippen LogP contribution in [0.2, 0.25) is 0 Å². The van der Waals surface area contributed by atoms with E-state index in [4.69, 9.17) is 9.47 Å². The lowest BCUT2D eigenvalue weighted by molar-refractivity contribution is -0.120. The van der Waals surface area contributed by atoms with E-state index < -0.39 is 10.0 Å². The van der Waals surface area contributed by atoms with E-state index in [9.17, 15) is 13.2 Å². The molecule has 2 aromatic heterocycles. The molecular weight excluding hydrogens is 458 g/mol. The van der Waals surface area contributed by atoms with Gasteiger partial charge in [0.05, 0.1) is 23.5 Å². The van der Waals surface area contributed by atoms with Gasteiger partial charge in [0.25, 0.3) is 5.91 Å². The van der Waals surface area contributed by atoms with Crippen molar-refractivity contribution in [2.45, 2.75) is 25.2 Å². The van der Waals surface area contributed by atoms with Crippen molar-refractivity contribution in [2.75, 3.05) is 44.4 Å². The molecule has 0 aliphatic carbocycles. The highest BCUT2D eigenvalue weighted by Gasteiger charge is 2.30. The summed E-state index contributed by atoms with van der Waals surface area (Å²) in [6.07, 6.45) is 0.586. The normalized spacial score (nSPS) is 16.7. The van der Waals surface area contributed by atoms with E-state index in [-0.39, 0.29) is 17.4 Å². The highest BCUT2D eigenvalue weighted by Crippen LogP contribution is 2.32. The standard InChI is InChI=1S/C23H27N5O5S/c1-15-12-16(2)24-22-21(15)23(25-26(22)3)33-14-20(29)28-7-6-17-13-18(4-5-19(17)28)34(30,31)27-8-10-32-11-9-27/h4-5,12-13H,6-11,14H2,1-3H3. The molecule has 1 aromatic carbocycles. The van der Waals surface area contributed by atoms with Crippen LogP contribution in [0, 0.1) is 13.8 Å². The van der Waals surface area contributed by atoms with Gasteiger partial charge >= 0.3 is 0 Å². The molecule has 1 saturated heterocycles. The highest BCUT2D eigenvalue weighted by molar-refractivity contribution is 7.89. The lowest BCUT2D eigenvalue weighted by Gasteiger charge is -2.26. The van der Waals surface area contributed by atoms with Gasteiger partial charge in [0.15, 0.2) is 12.3 Å². The number of fused-ring (bicyclic) bond motifs is 2. The highest BCUT2D eigenvalue weighted by atomic mass is 32.2. The molecule has 0 saturated carbocycles. The summed E-state index contributed by atoms with van der Waals surface area (Å²) in [5.41, 5.74) is 4.13. The van der Waals surface area contributed by atoms with Crippen LogP contribution in [0.1, 0.15) is 16.8 Å². The Morgan fingerprint density at radius 1 is 1.15 bits per heavy atom. The number of sulfonamides is 1. The van der Waals surface area contributed by atoms with Gasteiger partial charge in [-0.2, -0.15) is 4.31 Å². The van der Waals surface area contributed by atoms with E-state index in [1.807, 2.05) is 19.9 Å². The fraction of sp³-hybridized carbons (Fsp3) is 0.435. The van der Waals surface area contributed by atoms with Crippen LogP contribution in [0.3, 0.4) is 0 Å². The summed E-state index contributed by atoms with van der Waals surface area (Å²) in [7, 11) is -1.79. The van der Waals surface area contributed by atoms with Crippen molar-refractivity contribution in [1.29, 1.82) is 0 Å². The average Bonchev–Trinajstić information content (AvgIpc) is 3.38. The van der Waals surface area contributed by atoms with Crippen LogP contribution in [0.15, 0.2) is 29.2 Å². The van der Waals surface area contributed by atoms with Gasteiger partial charge in [-0.1, -0.05) is 0 Å². The minimum absolute atomic E-state index is 0.174. The Morgan fingerprint density at radius 3 is 2.68 bits per heavy atom. The molecule has 0 bridgehead atoms. The number of pyridine rings is 1. The number of carbonyl (C=O) groups excluding carboxylic acids is 1. The van der Waals surface area contributed by atoms with Crippen molar-refractivity contribution in [3.05, 3.63) is 41.1 Å². The molecule has 10 nitrogen and oxygen atoms in total. The van der Waals surface area contributed by atoms with E-state index in [1.54, 1.807) is 34.8 Å². The number of ether oxygens (including phenoxy) is 2. The molecule has 0 N–H and O–H groups in total. The first-order valence-corrected chi connectivity index (χ1v) is 12.6. The summed E-state index contributed by atoms with van der Waals surface area (Å²) in [6, 6.07) is 6.91. The number of benzene rings is 1. The molecule has 5 rings (SSSR count). The smallest absolute Gasteiger partial charge is 0.264 e. The van der Waals surface area contributed by atoms with Gasteiger partial charge in [0.2, 0.25) is 15.9 Å². The Morgan fingerprint density at radius 2 is 1.91 bits per heavy atom. The van der Waals surface area contributed by atoms with Crippen LogP contribution < -0.4 is 9.64 Å². The van der Waals surface area contributed by atoms with Gasteiger partial charge in [-0.25, -0.2) is 18.1 Å². The zero-order chi connectivity index (χ0) is 24.0. The van der Waals surface area contributed by atoms with Crippen LogP contribution in [0.4, 0.5) is 5.69 Å². The Kier molecular flexibility index (Phi) is 5.78. The molecule has 0 radical (unpaired) electrons. The van der Waals surface area contributed by atoms with Crippen molar-refractivity contribution in [2.24, 2.45) is 7.05 Å². The molecule has 180 valence electrons. The summed E-state index contributed by atoms with van der Waals surface area (Å²) in [4.78, 5) is 19.4. The number of rotatable bonds is 5. The van der Waals surface area contributed by atoms with Crippen molar-refractivity contribution in [1.82, 2.24) is 19.1 Å². The largest absolute Gasteiger partial charge is 0.466 e. The van der Waals surface area contributed by atoms with Crippen molar-refractivity contribution < 1.29 is 22.7 Å². The van der Waals surface area contributed by atoms with Gasteiger partial charge in [-0.15, -0.1) is 5.10 Å². The van der Waals surface area contributed by atoms with Gasteiger partial charge in [0.1, 0.15) is 0 Å². The maximum atomic E-state index is 13.0. The van der Waals surface area contributed by atoms with Gasteiger partial charge < -0.3 is 14.4 Å². The molecule has 1 fully saturated rings. The second-order valence-electron chi connectivity index (χ2n) is 8.60. The van der Waals surface area contributed by atoms with Gasteiger partial charge in [-0.05, 0) is 55.7 Å². The molecule has 0 unspecified atom stereocenters. The maximum absolute atomic E-state index is 13.0. The van der Waals surface area contributed by atoms with E-state index >= 15 is 0 Å². The second-order valence-corrected chi connectivity index (χ2v) is 10.5. The van der Waals surface area contributed by atoms with E-state index in [0.29, 0.717) is 56.5 Å². The number of morpholine rings is 1. The SMILES string of the molecule is Cc1cc(C)c2c(OCC(=O)N3CCc4cc(S(=O)(=O)N5CCOCC5)ccc43)nn(C)c2n1. The summed E-state index contributed by atoms with van der Waals surface area (Å²) in [5.74, 6) is 0.168. The number of nitrogens with zero attached hydrogens (tertiary/aromatic N) is 5. The summed E-state index contributed by atoms with van der Waals surface area (Å²) in [5, 5.41) is 5.19. The van der Waals surface area contributed by atoms with Crippen LogP contribution in [0.25, 0.3) is 11.0 Å². The number of carbonyl (C=O) groups is 1. The quantitative estimate of drug-likeness (QED) is 0.540. The second kappa shape index (κ2) is 8.64. The Bertz CT molecular complexity index is 1380. The topological polar surface area (TPSA) is 107 Å². The van der Waals surface area contributed by atoms with Gasteiger partial charge in [0, 0.05) is 38.1 Å². The minimum Gasteiger partial charge on any atom is -0.466 e. The van der Waals surface area contributed by atoms with Crippen molar-refractivity contribution >= 4 is 32.7 Å². The molecule has 0 atom stereocenters. The molecule has 34 heavy (non-hydrogen) atoms. The van der Waals surface area contributed by atoms with E-state index in [1.165, 1.54) is 4.31 Å². The Labute approximate surface area is 198 Å². The number of aryl methyl sites for hydroxylation is 3. The molecule has 11 heteroatoms. The first kappa shape index (κ1) is 22.8. The molecule has 1 amide bonds. The minimum atomic E-state index is -3.58. The zero-order valence-corrected chi connectivity index (χ0v) is 20.3. The van der Waals surface area contributed by atoms with Crippen LogP contribution in [0.5, 0.6) is 5.88 Å². The number of aromatic nitrogens is 3. The monoisotopic (exact) mass is 485 g/mol. The summed E-state index contributed by atoms with van der Waals surface area (Å²) < 4.78 is 40.1. The first-order valence-electron chi connectivity index (χ1n) is 11.2. The van der Waals surface area contributed by atoms with Gasteiger partial charge in [-0.3, -0.25) is 4.79 Å². The number of hydrogen-bond donors (Lipinski definition) is 0. The fourth-order valence-corrected chi connectivity index (χ4v) is 6.05. The average molecular weight is 486 g/mol. The molecule has 0 spiro atoms. The fourth-order valence-electron chi connectivity index (χ4n) is 4.59. The molecule has 3 aromatic rings. The lowest BCUT2D eigenvalue weighted by Crippen LogP contribution is -2.40. The summed E-state index contributed by atoms with van der Waals surface area (Å²) in [6.45, 7) is 5.67. The van der Waals surface area contributed by atoms with Crippen LogP contribution >= 0.6 is 0 Å². The van der Waals surface area contributed by atoms with Crippen LogP contribution in [-0.2, 0) is 33.0 Å². The lowest BCUT2D eigenvalue weighted by atomic mass is 10.2. The van der Waals surface area contributed by atoms with Crippen LogP contribution in [-0.4, -0.2) is 72.8 Å². The molecular formula is C23H27N5O5S. The number of hydrogen-bond acceptors (Lipinski definition) is 7. The van der Waals surface area contributed by atoms with Crippen molar-refractivity contribution in [3.8, 4) is 5.88 Å². The number of anilines is 1. The maximum Gasteiger partial charge on any atom is 0.264 e. The Balaban J connectivity index is 1.32. The predicted molar refractivity (Wildman–Crippen MR) is 126 cm³/mol. The third kappa shape index (κ3) is 3.93. The Hall–Kier alpha value is -3.02. The first-order chi connectivity index (χ1) is 16.3. The predicted octanol–water partition coefficient (Wildman–Crippen LogP) is 1.57. The zero-order valence-electron chi connectivity index (χ0n) is 19.4. The van der Waals surface area contributed by atoms with E-state index in [0.717, 1.165) is 22.2 Å². The third-order valence-corrected chi connectivity index (χ3v) is 8.17. The molecule has 2 aliphatic heterocycles.